The topological polar surface area (TPSA) is 17.1 Å². The summed E-state index contributed by atoms with van der Waals surface area (Å²) in [6.07, 6.45) is 6.12. The van der Waals surface area contributed by atoms with Crippen molar-refractivity contribution in [2.24, 2.45) is 0 Å². The molecule has 15 heavy (non-hydrogen) atoms. The van der Waals surface area contributed by atoms with Gasteiger partial charge in [0.1, 0.15) is 0 Å². The number of hydrogen-bond donors (Lipinski definition) is 0. The Morgan fingerprint density at radius 2 is 2.13 bits per heavy atom. The molecule has 1 aromatic heterocycles. The molecule has 0 aromatic carbocycles. The first-order chi connectivity index (χ1) is 7.15. The van der Waals surface area contributed by atoms with Gasteiger partial charge in [0.15, 0.2) is 5.78 Å². The first kappa shape index (κ1) is 13.2. The van der Waals surface area contributed by atoms with Gasteiger partial charge in [0.05, 0.1) is 7.76 Å². The van der Waals surface area contributed by atoms with Gasteiger partial charge in [-0.1, -0.05) is 26.2 Å². The predicted octanol–water partition coefficient (Wildman–Crippen LogP) is 4.68. The fraction of sp³-hybridized carbons (Fsp3) is 0.583. The Morgan fingerprint density at radius 3 is 2.73 bits per heavy atom. The standard InChI is InChI=1S/C12H17IOS/c1-3-4-5-6-7-10-8-11(13)15-12(10)9(2)14/h8H,3-7H2,1-2H3. The van der Waals surface area contributed by atoms with Crippen LogP contribution in [0.3, 0.4) is 0 Å². The van der Waals surface area contributed by atoms with E-state index in [1.54, 1.807) is 18.3 Å². The van der Waals surface area contributed by atoms with E-state index in [1.807, 2.05) is 0 Å². The maximum Gasteiger partial charge on any atom is 0.170 e. The molecule has 0 unspecified atom stereocenters. The van der Waals surface area contributed by atoms with Crippen LogP contribution < -0.4 is 0 Å². The largest absolute Gasteiger partial charge is 0.294 e. The average Bonchev–Trinajstić information content (AvgIpc) is 2.55. The molecule has 84 valence electrons. The van der Waals surface area contributed by atoms with E-state index in [4.69, 9.17) is 0 Å². The summed E-state index contributed by atoms with van der Waals surface area (Å²) in [5.74, 6) is 0.216. The molecule has 0 spiro atoms. The molecule has 1 rings (SSSR count). The van der Waals surface area contributed by atoms with Crippen molar-refractivity contribution in [3.05, 3.63) is 19.4 Å². The van der Waals surface area contributed by atoms with Crippen LogP contribution in [0.5, 0.6) is 0 Å². The van der Waals surface area contributed by atoms with E-state index >= 15 is 0 Å². The van der Waals surface area contributed by atoms with Crippen LogP contribution in [0, 0.1) is 2.88 Å². The highest BCUT2D eigenvalue weighted by atomic mass is 127. The minimum absolute atomic E-state index is 0.216. The minimum atomic E-state index is 0.216. The predicted molar refractivity (Wildman–Crippen MR) is 74.9 cm³/mol. The Labute approximate surface area is 109 Å². The van der Waals surface area contributed by atoms with E-state index in [1.165, 1.54) is 34.1 Å². The van der Waals surface area contributed by atoms with Crippen LogP contribution in [0.15, 0.2) is 6.07 Å². The van der Waals surface area contributed by atoms with E-state index in [9.17, 15) is 4.79 Å². The normalized spacial score (nSPS) is 10.6. The SMILES string of the molecule is CCCCCCc1cc(I)sc1C(C)=O. The Bertz CT molecular complexity index is 330. The third kappa shape index (κ3) is 4.23. The molecule has 0 aliphatic rings. The third-order valence-corrected chi connectivity index (χ3v) is 4.44. The van der Waals surface area contributed by atoms with Crippen LogP contribution in [0.25, 0.3) is 0 Å². The number of aryl methyl sites for hydroxylation is 1. The van der Waals surface area contributed by atoms with Gasteiger partial charge < -0.3 is 0 Å². The second kappa shape index (κ2) is 6.63. The van der Waals surface area contributed by atoms with E-state index in [0.717, 1.165) is 11.3 Å². The number of unbranched alkanes of at least 4 members (excludes halogenated alkanes) is 3. The maximum atomic E-state index is 11.4. The van der Waals surface area contributed by atoms with Crippen molar-refractivity contribution in [3.8, 4) is 0 Å². The van der Waals surface area contributed by atoms with E-state index in [0.29, 0.717) is 0 Å². The summed E-state index contributed by atoms with van der Waals surface area (Å²) >= 11 is 3.92. The fourth-order valence-corrected chi connectivity index (χ4v) is 3.49. The molecule has 0 amide bonds. The van der Waals surface area contributed by atoms with Gasteiger partial charge >= 0.3 is 0 Å². The highest BCUT2D eigenvalue weighted by Gasteiger charge is 2.11. The molecule has 0 N–H and O–H groups in total. The summed E-state index contributed by atoms with van der Waals surface area (Å²) in [4.78, 5) is 12.3. The van der Waals surface area contributed by atoms with Gasteiger partial charge in [-0.2, -0.15) is 0 Å². The quantitative estimate of drug-likeness (QED) is 0.419. The molecule has 0 fully saturated rings. The molecular formula is C12H17IOS. The number of rotatable bonds is 6. The van der Waals surface area contributed by atoms with Crippen molar-refractivity contribution >= 4 is 39.7 Å². The van der Waals surface area contributed by atoms with Crippen LogP contribution in [0.4, 0.5) is 0 Å². The van der Waals surface area contributed by atoms with Gasteiger partial charge in [0, 0.05) is 0 Å². The van der Waals surface area contributed by atoms with Gasteiger partial charge in [0.25, 0.3) is 0 Å². The molecule has 0 saturated heterocycles. The molecule has 1 aromatic rings. The number of halogens is 1. The van der Waals surface area contributed by atoms with Crippen LogP contribution in [0.2, 0.25) is 0 Å². The van der Waals surface area contributed by atoms with Gasteiger partial charge in [-0.3, -0.25) is 4.79 Å². The number of Topliss-reactive ketones (excluding diaryl/α,β-unsaturated/α-hetero) is 1. The first-order valence-electron chi connectivity index (χ1n) is 5.44. The lowest BCUT2D eigenvalue weighted by molar-refractivity contribution is 0.102. The highest BCUT2D eigenvalue weighted by molar-refractivity contribution is 14.1. The third-order valence-electron chi connectivity index (χ3n) is 2.40. The van der Waals surface area contributed by atoms with Gasteiger partial charge in [-0.05, 0) is 54.0 Å². The Kier molecular flexibility index (Phi) is 5.82. The molecule has 3 heteroatoms. The number of ketones is 1. The maximum absolute atomic E-state index is 11.4. The molecule has 0 saturated carbocycles. The van der Waals surface area contributed by atoms with Crippen LogP contribution in [0.1, 0.15) is 54.8 Å². The van der Waals surface area contributed by atoms with Crippen molar-refractivity contribution in [1.29, 1.82) is 0 Å². The summed E-state index contributed by atoms with van der Waals surface area (Å²) in [6, 6.07) is 2.16. The van der Waals surface area contributed by atoms with Gasteiger partial charge in [0.2, 0.25) is 0 Å². The van der Waals surface area contributed by atoms with Gasteiger partial charge in [-0.25, -0.2) is 0 Å². The number of carbonyl (C=O) groups is 1. The molecule has 1 heterocycles. The highest BCUT2D eigenvalue weighted by Crippen LogP contribution is 2.26. The summed E-state index contributed by atoms with van der Waals surface area (Å²) in [7, 11) is 0. The Balaban J connectivity index is 2.55. The number of carbonyl (C=O) groups excluding carboxylic acids is 1. The summed E-state index contributed by atoms with van der Waals surface area (Å²) in [5, 5.41) is 0. The lowest BCUT2D eigenvalue weighted by Crippen LogP contribution is -1.94. The fourth-order valence-electron chi connectivity index (χ4n) is 1.62. The number of hydrogen-bond acceptors (Lipinski definition) is 2. The van der Waals surface area contributed by atoms with Crippen molar-refractivity contribution in [3.63, 3.8) is 0 Å². The summed E-state index contributed by atoms with van der Waals surface area (Å²) in [5.41, 5.74) is 1.26. The van der Waals surface area contributed by atoms with Crippen molar-refractivity contribution in [1.82, 2.24) is 0 Å². The monoisotopic (exact) mass is 336 g/mol. The van der Waals surface area contributed by atoms with Crippen LogP contribution >= 0.6 is 33.9 Å². The summed E-state index contributed by atoms with van der Waals surface area (Å²) in [6.45, 7) is 3.88. The van der Waals surface area contributed by atoms with Gasteiger partial charge in [-0.15, -0.1) is 11.3 Å². The first-order valence-corrected chi connectivity index (χ1v) is 7.33. The van der Waals surface area contributed by atoms with Crippen molar-refractivity contribution < 1.29 is 4.79 Å². The lowest BCUT2D eigenvalue weighted by atomic mass is 10.1. The van der Waals surface area contributed by atoms with E-state index in [2.05, 4.69) is 35.6 Å². The van der Waals surface area contributed by atoms with Crippen LogP contribution in [-0.4, -0.2) is 5.78 Å². The lowest BCUT2D eigenvalue weighted by Gasteiger charge is -2.00. The molecule has 0 atom stereocenters. The van der Waals surface area contributed by atoms with Crippen molar-refractivity contribution in [2.75, 3.05) is 0 Å². The zero-order valence-electron chi connectivity index (χ0n) is 9.31. The smallest absolute Gasteiger partial charge is 0.170 e. The molecule has 0 bridgehead atoms. The molecular weight excluding hydrogens is 319 g/mol. The van der Waals surface area contributed by atoms with Crippen molar-refractivity contribution in [2.45, 2.75) is 46.0 Å². The number of thiophene rings is 1. The van der Waals surface area contributed by atoms with E-state index in [-0.39, 0.29) is 5.78 Å². The molecule has 0 radical (unpaired) electrons. The Hall–Kier alpha value is 0.1000. The molecule has 0 aliphatic carbocycles. The summed E-state index contributed by atoms with van der Waals surface area (Å²) < 4.78 is 1.23. The minimum Gasteiger partial charge on any atom is -0.294 e. The molecule has 1 nitrogen and oxygen atoms in total. The zero-order chi connectivity index (χ0) is 11.3. The van der Waals surface area contributed by atoms with Crippen LogP contribution in [-0.2, 0) is 6.42 Å². The second-order valence-electron chi connectivity index (χ2n) is 3.77. The Morgan fingerprint density at radius 1 is 1.40 bits per heavy atom. The van der Waals surface area contributed by atoms with E-state index < -0.39 is 0 Å². The zero-order valence-corrected chi connectivity index (χ0v) is 12.3. The molecule has 0 aliphatic heterocycles. The average molecular weight is 336 g/mol. The second-order valence-corrected chi connectivity index (χ2v) is 6.72.